The predicted molar refractivity (Wildman–Crippen MR) is 85.2 cm³/mol. The third-order valence-corrected chi connectivity index (χ3v) is 5.04. The number of piperidine rings is 1. The first-order chi connectivity index (χ1) is 9.56. The molecule has 2 N–H and O–H groups in total. The van der Waals surface area contributed by atoms with Crippen molar-refractivity contribution in [1.29, 1.82) is 0 Å². The summed E-state index contributed by atoms with van der Waals surface area (Å²) in [4.78, 5) is 14.7. The predicted octanol–water partition coefficient (Wildman–Crippen LogP) is 3.46. The van der Waals surface area contributed by atoms with Crippen LogP contribution >= 0.6 is 11.3 Å². The number of carbonyl (C=O) groups excluding carboxylic acids is 1. The molecule has 3 nitrogen and oxygen atoms in total. The Bertz CT molecular complexity index is 449. The van der Waals surface area contributed by atoms with Crippen molar-refractivity contribution in [3.63, 3.8) is 0 Å². The molecule has 2 rings (SSSR count). The molecule has 0 aliphatic carbocycles. The smallest absolute Gasteiger partial charge is 0.220 e. The van der Waals surface area contributed by atoms with E-state index in [-0.39, 0.29) is 11.9 Å². The first-order valence-electron chi connectivity index (χ1n) is 7.66. The molecule has 0 spiro atoms. The van der Waals surface area contributed by atoms with Crippen LogP contribution in [0.3, 0.4) is 0 Å². The average Bonchev–Trinajstić information content (AvgIpc) is 2.77. The second-order valence-corrected chi connectivity index (χ2v) is 7.30. The summed E-state index contributed by atoms with van der Waals surface area (Å²) in [5.74, 6) is 0.174. The summed E-state index contributed by atoms with van der Waals surface area (Å²) in [6.45, 7) is 7.42. The second-order valence-electron chi connectivity index (χ2n) is 5.84. The lowest BCUT2D eigenvalue weighted by molar-refractivity contribution is -0.122. The molecule has 20 heavy (non-hydrogen) atoms. The highest BCUT2D eigenvalue weighted by atomic mass is 32.1. The van der Waals surface area contributed by atoms with Gasteiger partial charge >= 0.3 is 0 Å². The average molecular weight is 294 g/mol. The zero-order valence-electron chi connectivity index (χ0n) is 12.8. The van der Waals surface area contributed by atoms with Crippen LogP contribution in [0.15, 0.2) is 6.07 Å². The lowest BCUT2D eigenvalue weighted by Crippen LogP contribution is -2.35. The fourth-order valence-corrected chi connectivity index (χ4v) is 3.97. The molecule has 0 saturated carbocycles. The van der Waals surface area contributed by atoms with Gasteiger partial charge in [-0.1, -0.05) is 6.42 Å². The van der Waals surface area contributed by atoms with Crippen LogP contribution in [-0.4, -0.2) is 18.5 Å². The molecular weight excluding hydrogens is 268 g/mol. The standard InChI is InChI=1S/C16H26N2OS/c1-11-10-15(13(3)20-11)12(2)18-16(19)8-7-14-6-4-5-9-17-14/h10,12,14,17H,4-9H2,1-3H3,(H,18,19). The number of hydrogen-bond donors (Lipinski definition) is 2. The number of amides is 1. The maximum atomic E-state index is 12.1. The quantitative estimate of drug-likeness (QED) is 0.873. The van der Waals surface area contributed by atoms with Crippen LogP contribution in [0.25, 0.3) is 0 Å². The van der Waals surface area contributed by atoms with Crippen molar-refractivity contribution in [3.05, 3.63) is 21.4 Å². The van der Waals surface area contributed by atoms with Gasteiger partial charge in [-0.05, 0) is 58.2 Å². The van der Waals surface area contributed by atoms with Crippen LogP contribution in [0.2, 0.25) is 0 Å². The summed E-state index contributed by atoms with van der Waals surface area (Å²) < 4.78 is 0. The summed E-state index contributed by atoms with van der Waals surface area (Å²) >= 11 is 1.80. The molecule has 1 aromatic rings. The van der Waals surface area contributed by atoms with E-state index in [1.54, 1.807) is 11.3 Å². The Morgan fingerprint density at radius 3 is 2.90 bits per heavy atom. The molecule has 1 saturated heterocycles. The SMILES string of the molecule is Cc1cc(C(C)NC(=O)CCC2CCCCN2)c(C)s1. The van der Waals surface area contributed by atoms with E-state index in [0.717, 1.165) is 13.0 Å². The van der Waals surface area contributed by atoms with E-state index in [4.69, 9.17) is 0 Å². The van der Waals surface area contributed by atoms with E-state index < -0.39 is 0 Å². The Hall–Kier alpha value is -0.870. The number of thiophene rings is 1. The highest BCUT2D eigenvalue weighted by Gasteiger charge is 2.16. The van der Waals surface area contributed by atoms with Crippen molar-refractivity contribution in [3.8, 4) is 0 Å². The number of carbonyl (C=O) groups is 1. The summed E-state index contributed by atoms with van der Waals surface area (Å²) in [5, 5.41) is 6.62. The molecule has 4 heteroatoms. The van der Waals surface area contributed by atoms with Gasteiger partial charge in [-0.3, -0.25) is 4.79 Å². The minimum Gasteiger partial charge on any atom is -0.350 e. The van der Waals surface area contributed by atoms with E-state index in [1.807, 2.05) is 0 Å². The molecule has 0 radical (unpaired) electrons. The van der Waals surface area contributed by atoms with Crippen molar-refractivity contribution in [1.82, 2.24) is 10.6 Å². The van der Waals surface area contributed by atoms with E-state index >= 15 is 0 Å². The van der Waals surface area contributed by atoms with Gasteiger partial charge in [0, 0.05) is 22.2 Å². The Morgan fingerprint density at radius 1 is 1.50 bits per heavy atom. The maximum Gasteiger partial charge on any atom is 0.220 e. The van der Waals surface area contributed by atoms with Gasteiger partial charge in [0.1, 0.15) is 0 Å². The van der Waals surface area contributed by atoms with Crippen LogP contribution < -0.4 is 10.6 Å². The molecular formula is C16H26N2OS. The Labute approximate surface area is 126 Å². The van der Waals surface area contributed by atoms with E-state index in [9.17, 15) is 4.79 Å². The monoisotopic (exact) mass is 294 g/mol. The van der Waals surface area contributed by atoms with Crippen molar-refractivity contribution in [2.45, 2.75) is 65.0 Å². The molecule has 112 valence electrons. The topological polar surface area (TPSA) is 41.1 Å². The van der Waals surface area contributed by atoms with Gasteiger partial charge in [0.05, 0.1) is 6.04 Å². The summed E-state index contributed by atoms with van der Waals surface area (Å²) in [7, 11) is 0. The first-order valence-corrected chi connectivity index (χ1v) is 8.47. The molecule has 0 bridgehead atoms. The van der Waals surface area contributed by atoms with Crippen LogP contribution in [0, 0.1) is 13.8 Å². The molecule has 1 aliphatic rings. The fraction of sp³-hybridized carbons (Fsp3) is 0.688. The molecule has 2 heterocycles. The summed E-state index contributed by atoms with van der Waals surface area (Å²) in [6.07, 6.45) is 5.37. The molecule has 1 aromatic heterocycles. The van der Waals surface area contributed by atoms with Gasteiger partial charge < -0.3 is 10.6 Å². The van der Waals surface area contributed by atoms with Crippen molar-refractivity contribution in [2.24, 2.45) is 0 Å². The third-order valence-electron chi connectivity index (χ3n) is 4.06. The van der Waals surface area contributed by atoms with E-state index in [0.29, 0.717) is 12.5 Å². The maximum absolute atomic E-state index is 12.1. The number of nitrogens with one attached hydrogen (secondary N) is 2. The van der Waals surface area contributed by atoms with Crippen LogP contribution in [0.4, 0.5) is 0 Å². The Balaban J connectivity index is 1.77. The van der Waals surface area contributed by atoms with Crippen LogP contribution in [0.5, 0.6) is 0 Å². The van der Waals surface area contributed by atoms with E-state index in [2.05, 4.69) is 37.5 Å². The van der Waals surface area contributed by atoms with Crippen molar-refractivity contribution in [2.75, 3.05) is 6.54 Å². The highest BCUT2D eigenvalue weighted by Crippen LogP contribution is 2.26. The highest BCUT2D eigenvalue weighted by molar-refractivity contribution is 7.12. The van der Waals surface area contributed by atoms with Gasteiger partial charge in [0.2, 0.25) is 5.91 Å². The van der Waals surface area contributed by atoms with Crippen LogP contribution in [-0.2, 0) is 4.79 Å². The third kappa shape index (κ3) is 4.32. The lowest BCUT2D eigenvalue weighted by atomic mass is 10.0. The minimum atomic E-state index is 0.117. The van der Waals surface area contributed by atoms with E-state index in [1.165, 1.54) is 34.6 Å². The molecule has 1 aliphatic heterocycles. The summed E-state index contributed by atoms with van der Waals surface area (Å²) in [6, 6.07) is 2.84. The largest absolute Gasteiger partial charge is 0.350 e. The van der Waals surface area contributed by atoms with Crippen LogP contribution in [0.1, 0.15) is 60.4 Å². The van der Waals surface area contributed by atoms with Crippen molar-refractivity contribution < 1.29 is 4.79 Å². The molecule has 1 fully saturated rings. The van der Waals surface area contributed by atoms with Crippen molar-refractivity contribution >= 4 is 17.2 Å². The minimum absolute atomic E-state index is 0.117. The number of aryl methyl sites for hydroxylation is 2. The van der Waals surface area contributed by atoms with Gasteiger partial charge in [0.25, 0.3) is 0 Å². The second kappa shape index (κ2) is 7.23. The zero-order valence-corrected chi connectivity index (χ0v) is 13.6. The molecule has 1 amide bonds. The summed E-state index contributed by atoms with van der Waals surface area (Å²) in [5.41, 5.74) is 1.26. The molecule has 2 atom stereocenters. The Kier molecular flexibility index (Phi) is 5.61. The number of hydrogen-bond acceptors (Lipinski definition) is 3. The normalized spacial score (nSPS) is 20.6. The van der Waals surface area contributed by atoms with Gasteiger partial charge in [0.15, 0.2) is 0 Å². The first kappa shape index (κ1) is 15.5. The number of rotatable bonds is 5. The van der Waals surface area contributed by atoms with Gasteiger partial charge in [-0.2, -0.15) is 0 Å². The van der Waals surface area contributed by atoms with Gasteiger partial charge in [-0.15, -0.1) is 11.3 Å². The molecule has 0 aromatic carbocycles. The lowest BCUT2D eigenvalue weighted by Gasteiger charge is -2.23. The molecule has 2 unspecified atom stereocenters. The Morgan fingerprint density at radius 2 is 2.30 bits per heavy atom. The fourth-order valence-electron chi connectivity index (χ4n) is 2.95. The zero-order chi connectivity index (χ0) is 14.5. The van der Waals surface area contributed by atoms with Gasteiger partial charge in [-0.25, -0.2) is 0 Å².